The van der Waals surface area contributed by atoms with Crippen molar-refractivity contribution in [1.82, 2.24) is 10.2 Å². The standard InChI is InChI=1S/C13H14BrN3/c1-3-7-17-8-6-15-13(17)16-12-9-11(14)5-4-10(12)2/h1,4-5,9H,6-8H2,2H3,(H,15,16). The van der Waals surface area contributed by atoms with Gasteiger partial charge in [-0.15, -0.1) is 6.42 Å². The van der Waals surface area contributed by atoms with Gasteiger partial charge in [0, 0.05) is 17.6 Å². The summed E-state index contributed by atoms with van der Waals surface area (Å²) in [6, 6.07) is 6.07. The van der Waals surface area contributed by atoms with E-state index in [2.05, 4.69) is 37.1 Å². The number of hydrogen-bond acceptors (Lipinski definition) is 1. The third-order valence-electron chi connectivity index (χ3n) is 2.64. The summed E-state index contributed by atoms with van der Waals surface area (Å²) >= 11 is 3.46. The third-order valence-corrected chi connectivity index (χ3v) is 3.14. The van der Waals surface area contributed by atoms with Crippen molar-refractivity contribution in [2.24, 2.45) is 4.99 Å². The van der Waals surface area contributed by atoms with E-state index in [0.29, 0.717) is 6.54 Å². The van der Waals surface area contributed by atoms with Crippen molar-refractivity contribution in [3.05, 3.63) is 28.2 Å². The number of hydrogen-bond donors (Lipinski definition) is 1. The highest BCUT2D eigenvalue weighted by Gasteiger charge is 2.16. The van der Waals surface area contributed by atoms with Crippen LogP contribution in [0.1, 0.15) is 5.56 Å². The van der Waals surface area contributed by atoms with Crippen LogP contribution in [-0.2, 0) is 0 Å². The predicted molar refractivity (Wildman–Crippen MR) is 74.4 cm³/mol. The molecule has 1 aromatic carbocycles. The molecule has 0 bridgehead atoms. The molecule has 0 aliphatic carbocycles. The molecule has 17 heavy (non-hydrogen) atoms. The number of guanidine groups is 1. The number of halogens is 1. The molecule has 2 rings (SSSR count). The zero-order chi connectivity index (χ0) is 12.3. The van der Waals surface area contributed by atoms with E-state index < -0.39 is 0 Å². The van der Waals surface area contributed by atoms with Crippen LogP contribution in [0, 0.1) is 19.3 Å². The van der Waals surface area contributed by atoms with Gasteiger partial charge in [-0.25, -0.2) is 4.99 Å². The molecule has 0 amide bonds. The van der Waals surface area contributed by atoms with Crippen LogP contribution in [-0.4, -0.2) is 30.5 Å². The van der Waals surface area contributed by atoms with E-state index in [1.165, 1.54) is 0 Å². The van der Waals surface area contributed by atoms with Crippen molar-refractivity contribution in [2.75, 3.05) is 19.6 Å². The van der Waals surface area contributed by atoms with Crippen LogP contribution >= 0.6 is 15.9 Å². The summed E-state index contributed by atoms with van der Waals surface area (Å²) < 4.78 is 1.03. The number of aryl methyl sites for hydroxylation is 1. The summed E-state index contributed by atoms with van der Waals surface area (Å²) in [6.45, 7) is 4.45. The molecule has 1 aromatic rings. The molecule has 88 valence electrons. The minimum absolute atomic E-state index is 0.596. The lowest BCUT2D eigenvalue weighted by Crippen LogP contribution is -2.30. The number of terminal acetylenes is 1. The molecule has 1 N–H and O–H groups in total. The van der Waals surface area contributed by atoms with Crippen LogP contribution in [0.4, 0.5) is 5.69 Å². The van der Waals surface area contributed by atoms with E-state index in [4.69, 9.17) is 6.42 Å². The molecular weight excluding hydrogens is 278 g/mol. The molecule has 0 spiro atoms. The second-order valence-electron chi connectivity index (χ2n) is 3.92. The SMILES string of the molecule is C#CCN1CCN/C1=N\c1cc(Br)ccc1C. The van der Waals surface area contributed by atoms with Gasteiger partial charge in [-0.3, -0.25) is 0 Å². The van der Waals surface area contributed by atoms with Gasteiger partial charge in [-0.05, 0) is 24.6 Å². The fraction of sp³-hybridized carbons (Fsp3) is 0.308. The van der Waals surface area contributed by atoms with Crippen LogP contribution < -0.4 is 5.32 Å². The highest BCUT2D eigenvalue weighted by atomic mass is 79.9. The van der Waals surface area contributed by atoms with E-state index in [9.17, 15) is 0 Å². The van der Waals surface area contributed by atoms with Gasteiger partial charge in [-0.1, -0.05) is 27.9 Å². The van der Waals surface area contributed by atoms with Crippen LogP contribution in [0.15, 0.2) is 27.7 Å². The Morgan fingerprint density at radius 3 is 3.18 bits per heavy atom. The largest absolute Gasteiger partial charge is 0.354 e. The topological polar surface area (TPSA) is 27.6 Å². The molecule has 0 saturated carbocycles. The Labute approximate surface area is 110 Å². The summed E-state index contributed by atoms with van der Waals surface area (Å²) in [6.07, 6.45) is 5.34. The van der Waals surface area contributed by atoms with Gasteiger partial charge in [0.1, 0.15) is 0 Å². The predicted octanol–water partition coefficient (Wildman–Crippen LogP) is 2.28. The van der Waals surface area contributed by atoms with Gasteiger partial charge in [0.25, 0.3) is 0 Å². The molecule has 0 radical (unpaired) electrons. The van der Waals surface area contributed by atoms with E-state index in [-0.39, 0.29) is 0 Å². The summed E-state index contributed by atoms with van der Waals surface area (Å²) in [7, 11) is 0. The Morgan fingerprint density at radius 1 is 1.59 bits per heavy atom. The fourth-order valence-corrected chi connectivity index (χ4v) is 2.06. The first-order valence-electron chi connectivity index (χ1n) is 5.48. The minimum atomic E-state index is 0.596. The Bertz CT molecular complexity index is 488. The first kappa shape index (κ1) is 12.0. The first-order chi connectivity index (χ1) is 8.20. The van der Waals surface area contributed by atoms with Crippen LogP contribution in [0.3, 0.4) is 0 Å². The van der Waals surface area contributed by atoms with Gasteiger partial charge in [0.2, 0.25) is 0 Å². The lowest BCUT2D eigenvalue weighted by Gasteiger charge is -2.14. The number of rotatable bonds is 2. The van der Waals surface area contributed by atoms with Gasteiger partial charge in [0.15, 0.2) is 5.96 Å². The Balaban J connectivity index is 2.29. The van der Waals surface area contributed by atoms with Crippen LogP contribution in [0.5, 0.6) is 0 Å². The molecule has 1 saturated heterocycles. The number of benzene rings is 1. The van der Waals surface area contributed by atoms with E-state index >= 15 is 0 Å². The molecule has 1 fully saturated rings. The molecule has 1 heterocycles. The van der Waals surface area contributed by atoms with Gasteiger partial charge < -0.3 is 10.2 Å². The zero-order valence-electron chi connectivity index (χ0n) is 9.70. The Morgan fingerprint density at radius 2 is 2.41 bits per heavy atom. The van der Waals surface area contributed by atoms with Crippen molar-refractivity contribution in [3.8, 4) is 12.3 Å². The molecule has 0 unspecified atom stereocenters. The highest BCUT2D eigenvalue weighted by molar-refractivity contribution is 9.10. The average Bonchev–Trinajstić information content (AvgIpc) is 2.72. The molecule has 0 aromatic heterocycles. The van der Waals surface area contributed by atoms with Crippen LogP contribution in [0.2, 0.25) is 0 Å². The molecule has 3 nitrogen and oxygen atoms in total. The molecular formula is C13H14BrN3. The third kappa shape index (κ3) is 2.80. The second-order valence-corrected chi connectivity index (χ2v) is 4.83. The minimum Gasteiger partial charge on any atom is -0.354 e. The van der Waals surface area contributed by atoms with E-state index in [0.717, 1.165) is 34.8 Å². The maximum atomic E-state index is 5.34. The zero-order valence-corrected chi connectivity index (χ0v) is 11.3. The molecule has 0 atom stereocenters. The fourth-order valence-electron chi connectivity index (χ4n) is 1.71. The van der Waals surface area contributed by atoms with Crippen molar-refractivity contribution in [2.45, 2.75) is 6.92 Å². The summed E-state index contributed by atoms with van der Waals surface area (Å²) in [5.41, 5.74) is 2.11. The maximum Gasteiger partial charge on any atom is 0.200 e. The summed E-state index contributed by atoms with van der Waals surface area (Å²) in [4.78, 5) is 6.69. The number of aliphatic imine (C=N–C) groups is 1. The number of nitrogens with one attached hydrogen (secondary N) is 1. The number of nitrogens with zero attached hydrogens (tertiary/aromatic N) is 2. The monoisotopic (exact) mass is 291 g/mol. The van der Waals surface area contributed by atoms with Gasteiger partial charge in [-0.2, -0.15) is 0 Å². The van der Waals surface area contributed by atoms with E-state index in [1.54, 1.807) is 0 Å². The molecule has 1 aliphatic heterocycles. The lowest BCUT2D eigenvalue weighted by molar-refractivity contribution is 0.521. The quantitative estimate of drug-likeness (QED) is 0.847. The average molecular weight is 292 g/mol. The van der Waals surface area contributed by atoms with Gasteiger partial charge >= 0.3 is 0 Å². The molecule has 4 heteroatoms. The van der Waals surface area contributed by atoms with Crippen molar-refractivity contribution < 1.29 is 0 Å². The Kier molecular flexibility index (Phi) is 3.70. The van der Waals surface area contributed by atoms with E-state index in [1.807, 2.05) is 25.1 Å². The van der Waals surface area contributed by atoms with Crippen molar-refractivity contribution in [3.63, 3.8) is 0 Å². The lowest BCUT2D eigenvalue weighted by atomic mass is 10.2. The highest BCUT2D eigenvalue weighted by Crippen LogP contribution is 2.23. The summed E-state index contributed by atoms with van der Waals surface area (Å²) in [5, 5.41) is 3.25. The van der Waals surface area contributed by atoms with Crippen LogP contribution in [0.25, 0.3) is 0 Å². The molecule has 1 aliphatic rings. The Hall–Kier alpha value is -1.47. The van der Waals surface area contributed by atoms with Crippen molar-refractivity contribution in [1.29, 1.82) is 0 Å². The normalized spacial score (nSPS) is 17.0. The smallest absolute Gasteiger partial charge is 0.200 e. The van der Waals surface area contributed by atoms with Gasteiger partial charge in [0.05, 0.1) is 12.2 Å². The first-order valence-corrected chi connectivity index (χ1v) is 6.27. The summed E-state index contributed by atoms with van der Waals surface area (Å²) in [5.74, 6) is 3.51. The second kappa shape index (κ2) is 5.24. The maximum absolute atomic E-state index is 5.34. The van der Waals surface area contributed by atoms with Crippen molar-refractivity contribution >= 4 is 27.6 Å².